The number of nitrogens with one attached hydrogen (secondary N) is 2. The SMILES string of the molecule is O=C(CN1C(=O)N/C(=C/c2ccc(N3CCCCC3)cc2F)C1=O)Nc1ccccc1F. The summed E-state index contributed by atoms with van der Waals surface area (Å²) in [6.45, 7) is 1.14. The van der Waals surface area contributed by atoms with Crippen molar-refractivity contribution in [2.45, 2.75) is 19.3 Å². The first-order valence-electron chi connectivity index (χ1n) is 10.4. The first kappa shape index (κ1) is 21.5. The lowest BCUT2D eigenvalue weighted by Gasteiger charge is -2.28. The Hall–Kier alpha value is -3.75. The average Bonchev–Trinajstić information content (AvgIpc) is 3.04. The fraction of sp³-hybridized carbons (Fsp3) is 0.261. The Bertz CT molecular complexity index is 1100. The van der Waals surface area contributed by atoms with Crippen molar-refractivity contribution in [1.82, 2.24) is 10.2 Å². The van der Waals surface area contributed by atoms with Gasteiger partial charge in [0, 0.05) is 24.3 Å². The van der Waals surface area contributed by atoms with E-state index in [1.54, 1.807) is 18.2 Å². The summed E-state index contributed by atoms with van der Waals surface area (Å²) in [6, 6.07) is 9.49. The molecule has 0 aliphatic carbocycles. The molecule has 4 rings (SSSR count). The van der Waals surface area contributed by atoms with Gasteiger partial charge in [-0.15, -0.1) is 0 Å². The number of piperidine rings is 1. The Morgan fingerprint density at radius 3 is 2.50 bits per heavy atom. The van der Waals surface area contributed by atoms with Gasteiger partial charge < -0.3 is 15.5 Å². The van der Waals surface area contributed by atoms with Gasteiger partial charge in [-0.3, -0.25) is 9.59 Å². The molecule has 0 radical (unpaired) electrons. The van der Waals surface area contributed by atoms with Crippen LogP contribution in [-0.2, 0) is 9.59 Å². The maximum atomic E-state index is 14.7. The predicted molar refractivity (Wildman–Crippen MR) is 116 cm³/mol. The van der Waals surface area contributed by atoms with E-state index in [9.17, 15) is 23.2 Å². The van der Waals surface area contributed by atoms with Gasteiger partial charge in [0.05, 0.1) is 5.69 Å². The van der Waals surface area contributed by atoms with E-state index >= 15 is 0 Å². The molecular formula is C23H22F2N4O3. The number of nitrogens with zero attached hydrogens (tertiary/aromatic N) is 2. The third-order valence-electron chi connectivity index (χ3n) is 5.42. The number of carbonyl (C=O) groups is 3. The molecule has 32 heavy (non-hydrogen) atoms. The van der Waals surface area contributed by atoms with Gasteiger partial charge in [-0.25, -0.2) is 18.5 Å². The van der Waals surface area contributed by atoms with Crippen LogP contribution in [0.4, 0.5) is 25.0 Å². The summed E-state index contributed by atoms with van der Waals surface area (Å²) >= 11 is 0. The van der Waals surface area contributed by atoms with Crippen LogP contribution in [0.3, 0.4) is 0 Å². The van der Waals surface area contributed by atoms with Gasteiger partial charge in [0.25, 0.3) is 5.91 Å². The number of benzene rings is 2. The standard InChI is InChI=1S/C23H22F2N4O3/c24-17-6-2-3-7-19(17)26-21(30)14-29-22(31)20(27-23(29)32)12-15-8-9-16(13-18(15)25)28-10-4-1-5-11-28/h2-3,6-9,12-13H,1,4-5,10-11,14H2,(H,26,30)(H,27,32)/b20-12+. The highest BCUT2D eigenvalue weighted by molar-refractivity contribution is 6.16. The normalized spacial score (nSPS) is 17.6. The molecule has 2 aromatic rings. The molecule has 2 fully saturated rings. The smallest absolute Gasteiger partial charge is 0.329 e. The van der Waals surface area contributed by atoms with Crippen LogP contribution in [0.25, 0.3) is 6.08 Å². The summed E-state index contributed by atoms with van der Waals surface area (Å²) < 4.78 is 28.3. The third kappa shape index (κ3) is 4.61. The van der Waals surface area contributed by atoms with Gasteiger partial charge >= 0.3 is 6.03 Å². The Kier molecular flexibility index (Phi) is 6.16. The van der Waals surface area contributed by atoms with Crippen molar-refractivity contribution in [1.29, 1.82) is 0 Å². The molecular weight excluding hydrogens is 418 g/mol. The van der Waals surface area contributed by atoms with E-state index in [1.165, 1.54) is 36.8 Å². The van der Waals surface area contributed by atoms with E-state index in [2.05, 4.69) is 15.5 Å². The lowest BCUT2D eigenvalue weighted by molar-refractivity contribution is -0.127. The molecule has 0 unspecified atom stereocenters. The van der Waals surface area contributed by atoms with E-state index in [4.69, 9.17) is 0 Å². The number of anilines is 2. The number of urea groups is 1. The monoisotopic (exact) mass is 440 g/mol. The van der Waals surface area contributed by atoms with Crippen LogP contribution < -0.4 is 15.5 Å². The molecule has 166 valence electrons. The van der Waals surface area contributed by atoms with Crippen LogP contribution in [0, 0.1) is 11.6 Å². The second kappa shape index (κ2) is 9.17. The zero-order chi connectivity index (χ0) is 22.7. The quantitative estimate of drug-likeness (QED) is 0.551. The fourth-order valence-corrected chi connectivity index (χ4v) is 3.75. The van der Waals surface area contributed by atoms with Crippen LogP contribution in [0.2, 0.25) is 0 Å². The summed E-state index contributed by atoms with van der Waals surface area (Å²) in [5.41, 5.74) is 0.721. The number of amides is 4. The number of rotatable bonds is 5. The number of hydrogen-bond donors (Lipinski definition) is 2. The second-order valence-electron chi connectivity index (χ2n) is 7.66. The third-order valence-corrected chi connectivity index (χ3v) is 5.42. The van der Waals surface area contributed by atoms with Crippen LogP contribution in [-0.4, -0.2) is 42.4 Å². The maximum Gasteiger partial charge on any atom is 0.329 e. The number of carbonyl (C=O) groups excluding carboxylic acids is 3. The van der Waals surface area contributed by atoms with E-state index in [0.29, 0.717) is 4.90 Å². The van der Waals surface area contributed by atoms with E-state index in [1.807, 2.05) is 0 Å². The highest BCUT2D eigenvalue weighted by Gasteiger charge is 2.35. The van der Waals surface area contributed by atoms with Gasteiger partial charge in [0.15, 0.2) is 0 Å². The van der Waals surface area contributed by atoms with Crippen molar-refractivity contribution in [3.05, 3.63) is 65.4 Å². The Morgan fingerprint density at radius 2 is 1.78 bits per heavy atom. The summed E-state index contributed by atoms with van der Waals surface area (Å²) in [4.78, 5) is 39.8. The highest BCUT2D eigenvalue weighted by atomic mass is 19.1. The largest absolute Gasteiger partial charge is 0.371 e. The molecule has 0 atom stereocenters. The average molecular weight is 440 g/mol. The minimum atomic E-state index is -0.810. The fourth-order valence-electron chi connectivity index (χ4n) is 3.75. The Morgan fingerprint density at radius 1 is 1.03 bits per heavy atom. The zero-order valence-corrected chi connectivity index (χ0v) is 17.2. The van der Waals surface area contributed by atoms with Crippen LogP contribution in [0.15, 0.2) is 48.2 Å². The Labute approximate surface area is 183 Å². The van der Waals surface area contributed by atoms with Gasteiger partial charge in [-0.1, -0.05) is 12.1 Å². The summed E-state index contributed by atoms with van der Waals surface area (Å²) in [5, 5.41) is 4.67. The van der Waals surface area contributed by atoms with E-state index in [0.717, 1.165) is 31.6 Å². The van der Waals surface area contributed by atoms with Gasteiger partial charge in [-0.2, -0.15) is 0 Å². The number of para-hydroxylation sites is 1. The topological polar surface area (TPSA) is 81.8 Å². The first-order chi connectivity index (χ1) is 15.4. The molecule has 7 nitrogen and oxygen atoms in total. The second-order valence-corrected chi connectivity index (χ2v) is 7.66. The molecule has 0 spiro atoms. The van der Waals surface area contributed by atoms with Crippen LogP contribution >= 0.6 is 0 Å². The van der Waals surface area contributed by atoms with Crippen molar-refractivity contribution >= 4 is 35.3 Å². The number of imide groups is 1. The summed E-state index contributed by atoms with van der Waals surface area (Å²) in [5.74, 6) is -2.66. The predicted octanol–water partition coefficient (Wildman–Crippen LogP) is 3.49. The first-order valence-corrected chi connectivity index (χ1v) is 10.4. The maximum absolute atomic E-state index is 14.7. The van der Waals surface area contributed by atoms with E-state index in [-0.39, 0.29) is 16.9 Å². The van der Waals surface area contributed by atoms with Crippen molar-refractivity contribution in [3.63, 3.8) is 0 Å². The molecule has 2 saturated heterocycles. The van der Waals surface area contributed by atoms with Gasteiger partial charge in [-0.05, 0) is 55.7 Å². The molecule has 4 amide bonds. The number of hydrogen-bond acceptors (Lipinski definition) is 4. The van der Waals surface area contributed by atoms with Gasteiger partial charge in [0.2, 0.25) is 5.91 Å². The molecule has 0 saturated carbocycles. The lowest BCUT2D eigenvalue weighted by Crippen LogP contribution is -2.38. The lowest BCUT2D eigenvalue weighted by atomic mass is 10.1. The van der Waals surface area contributed by atoms with Crippen molar-refractivity contribution < 1.29 is 23.2 Å². The molecule has 2 aliphatic rings. The molecule has 9 heteroatoms. The van der Waals surface area contributed by atoms with Crippen LogP contribution in [0.5, 0.6) is 0 Å². The minimum absolute atomic E-state index is 0.0591. The number of halogens is 2. The summed E-state index contributed by atoms with van der Waals surface area (Å²) in [7, 11) is 0. The van der Waals surface area contributed by atoms with E-state index < -0.39 is 36.0 Å². The van der Waals surface area contributed by atoms with Crippen molar-refractivity contribution in [2.24, 2.45) is 0 Å². The Balaban J connectivity index is 1.45. The molecule has 2 aliphatic heterocycles. The molecule has 2 heterocycles. The molecule has 0 bridgehead atoms. The van der Waals surface area contributed by atoms with Gasteiger partial charge in [0.1, 0.15) is 23.9 Å². The zero-order valence-electron chi connectivity index (χ0n) is 17.2. The summed E-state index contributed by atoms with van der Waals surface area (Å²) in [6.07, 6.45) is 4.53. The van der Waals surface area contributed by atoms with Crippen molar-refractivity contribution in [2.75, 3.05) is 29.9 Å². The van der Waals surface area contributed by atoms with Crippen LogP contribution in [0.1, 0.15) is 24.8 Å². The molecule has 2 aromatic carbocycles. The van der Waals surface area contributed by atoms with Crippen molar-refractivity contribution in [3.8, 4) is 0 Å². The molecule has 0 aromatic heterocycles. The highest BCUT2D eigenvalue weighted by Crippen LogP contribution is 2.24. The minimum Gasteiger partial charge on any atom is -0.371 e. The molecule has 2 N–H and O–H groups in total.